The molecule has 1 aromatic rings. The zero-order chi connectivity index (χ0) is 13.9. The predicted octanol–water partition coefficient (Wildman–Crippen LogP) is 5.46. The van der Waals surface area contributed by atoms with Gasteiger partial charge in [0, 0.05) is 16.1 Å². The molecule has 1 rings (SSSR count). The lowest BCUT2D eigenvalue weighted by molar-refractivity contribution is 0.286. The molecule has 1 aromatic carbocycles. The summed E-state index contributed by atoms with van der Waals surface area (Å²) in [4.78, 5) is 0. The highest BCUT2D eigenvalue weighted by Crippen LogP contribution is 2.32. The van der Waals surface area contributed by atoms with Crippen molar-refractivity contribution in [3.05, 3.63) is 33.8 Å². The van der Waals surface area contributed by atoms with Crippen molar-refractivity contribution in [2.75, 3.05) is 0 Å². The molecule has 2 N–H and O–H groups in total. The molecule has 1 nitrogen and oxygen atoms in total. The Morgan fingerprint density at radius 1 is 1.22 bits per heavy atom. The number of nitrogens with two attached hydrogens (primary N) is 1. The molecule has 0 spiro atoms. The number of halogens is 2. The van der Waals surface area contributed by atoms with Crippen molar-refractivity contribution >= 4 is 23.2 Å². The molecule has 18 heavy (non-hydrogen) atoms. The zero-order valence-corrected chi connectivity index (χ0v) is 13.1. The highest BCUT2D eigenvalue weighted by atomic mass is 35.5. The molecule has 3 heteroatoms. The lowest BCUT2D eigenvalue weighted by Gasteiger charge is -2.25. The molecule has 102 valence electrons. The topological polar surface area (TPSA) is 26.0 Å². The van der Waals surface area contributed by atoms with Crippen molar-refractivity contribution in [1.29, 1.82) is 0 Å². The smallest absolute Gasteiger partial charge is 0.0454 e. The molecule has 0 radical (unpaired) electrons. The van der Waals surface area contributed by atoms with Crippen LogP contribution >= 0.6 is 23.2 Å². The van der Waals surface area contributed by atoms with E-state index in [0.29, 0.717) is 21.4 Å². The third-order valence-corrected chi connectivity index (χ3v) is 3.55. The SMILES string of the molecule is CC(CC(N)c1cc(Cl)ccc1Cl)CC(C)(C)C. The second-order valence-corrected chi connectivity index (χ2v) is 7.22. The van der Waals surface area contributed by atoms with Crippen LogP contribution in [0.25, 0.3) is 0 Å². The van der Waals surface area contributed by atoms with Gasteiger partial charge in [0.15, 0.2) is 0 Å². The summed E-state index contributed by atoms with van der Waals surface area (Å²) in [6, 6.07) is 5.43. The number of rotatable bonds is 4. The first-order valence-corrected chi connectivity index (χ1v) is 7.15. The van der Waals surface area contributed by atoms with Crippen LogP contribution < -0.4 is 5.73 Å². The number of benzene rings is 1. The first-order chi connectivity index (χ1) is 8.19. The van der Waals surface area contributed by atoms with Gasteiger partial charge in [-0.05, 0) is 47.9 Å². The Kier molecular flexibility index (Phi) is 5.51. The lowest BCUT2D eigenvalue weighted by Crippen LogP contribution is -2.18. The van der Waals surface area contributed by atoms with Crippen LogP contribution in [0.1, 0.15) is 52.1 Å². The maximum Gasteiger partial charge on any atom is 0.0454 e. The van der Waals surface area contributed by atoms with E-state index in [1.165, 1.54) is 0 Å². The molecule has 2 unspecified atom stereocenters. The average Bonchev–Trinajstić information content (AvgIpc) is 2.18. The van der Waals surface area contributed by atoms with E-state index in [0.717, 1.165) is 18.4 Å². The van der Waals surface area contributed by atoms with Gasteiger partial charge in [0.25, 0.3) is 0 Å². The van der Waals surface area contributed by atoms with Crippen molar-refractivity contribution in [1.82, 2.24) is 0 Å². The van der Waals surface area contributed by atoms with Gasteiger partial charge >= 0.3 is 0 Å². The van der Waals surface area contributed by atoms with E-state index in [4.69, 9.17) is 28.9 Å². The Labute approximate surface area is 121 Å². The Balaban J connectivity index is 2.70. The van der Waals surface area contributed by atoms with Crippen LogP contribution in [-0.4, -0.2) is 0 Å². The molecule has 0 amide bonds. The summed E-state index contributed by atoms with van der Waals surface area (Å²) in [5.41, 5.74) is 7.52. The van der Waals surface area contributed by atoms with E-state index >= 15 is 0 Å². The highest BCUT2D eigenvalue weighted by Gasteiger charge is 2.19. The summed E-state index contributed by atoms with van der Waals surface area (Å²) in [5.74, 6) is 0.565. The molecular formula is C15H23Cl2N. The van der Waals surface area contributed by atoms with Gasteiger partial charge in [0.1, 0.15) is 0 Å². The van der Waals surface area contributed by atoms with Crippen molar-refractivity contribution in [3.8, 4) is 0 Å². The zero-order valence-electron chi connectivity index (χ0n) is 11.6. The van der Waals surface area contributed by atoms with E-state index in [2.05, 4.69) is 27.7 Å². The Bertz CT molecular complexity index is 396. The largest absolute Gasteiger partial charge is 0.324 e. The number of hydrogen-bond acceptors (Lipinski definition) is 1. The van der Waals surface area contributed by atoms with Crippen LogP contribution in [-0.2, 0) is 0 Å². The molecule has 0 aliphatic heterocycles. The Hall–Kier alpha value is -0.240. The summed E-state index contributed by atoms with van der Waals surface area (Å²) in [5, 5.41) is 1.39. The summed E-state index contributed by atoms with van der Waals surface area (Å²) in [7, 11) is 0. The molecule has 0 saturated carbocycles. The van der Waals surface area contributed by atoms with Crippen LogP contribution in [0.3, 0.4) is 0 Å². The molecule has 0 fully saturated rings. The minimum atomic E-state index is -0.0476. The van der Waals surface area contributed by atoms with Crippen molar-refractivity contribution in [2.24, 2.45) is 17.1 Å². The van der Waals surface area contributed by atoms with Gasteiger partial charge < -0.3 is 5.73 Å². The van der Waals surface area contributed by atoms with Crippen LogP contribution in [0.15, 0.2) is 18.2 Å². The molecule has 0 heterocycles. The van der Waals surface area contributed by atoms with E-state index in [1.807, 2.05) is 12.1 Å². The molecule has 0 bridgehead atoms. The first-order valence-electron chi connectivity index (χ1n) is 6.39. The maximum atomic E-state index is 6.24. The summed E-state index contributed by atoms with van der Waals surface area (Å²) < 4.78 is 0. The maximum absolute atomic E-state index is 6.24. The Morgan fingerprint density at radius 2 is 1.83 bits per heavy atom. The summed E-state index contributed by atoms with van der Waals surface area (Å²) in [6.45, 7) is 8.99. The standard InChI is InChI=1S/C15H23Cl2N/c1-10(9-15(2,3)4)7-14(18)12-8-11(16)5-6-13(12)17/h5-6,8,10,14H,7,9,18H2,1-4H3. The monoisotopic (exact) mass is 287 g/mol. The molecule has 2 atom stereocenters. The van der Waals surface area contributed by atoms with Gasteiger partial charge in [0.05, 0.1) is 0 Å². The predicted molar refractivity (Wildman–Crippen MR) is 81.2 cm³/mol. The van der Waals surface area contributed by atoms with Crippen LogP contribution in [0.4, 0.5) is 0 Å². The average molecular weight is 288 g/mol. The molecular weight excluding hydrogens is 265 g/mol. The fourth-order valence-corrected chi connectivity index (χ4v) is 2.93. The molecule has 0 aromatic heterocycles. The van der Waals surface area contributed by atoms with Crippen molar-refractivity contribution < 1.29 is 0 Å². The van der Waals surface area contributed by atoms with Gasteiger partial charge in [0.2, 0.25) is 0 Å². The van der Waals surface area contributed by atoms with Gasteiger partial charge in [-0.2, -0.15) is 0 Å². The number of hydrogen-bond donors (Lipinski definition) is 1. The fraction of sp³-hybridized carbons (Fsp3) is 0.600. The van der Waals surface area contributed by atoms with Gasteiger partial charge in [-0.3, -0.25) is 0 Å². The van der Waals surface area contributed by atoms with Gasteiger partial charge in [-0.25, -0.2) is 0 Å². The first kappa shape index (κ1) is 15.8. The lowest BCUT2D eigenvalue weighted by atomic mass is 9.82. The van der Waals surface area contributed by atoms with E-state index in [1.54, 1.807) is 6.07 Å². The third-order valence-electron chi connectivity index (χ3n) is 2.97. The fourth-order valence-electron chi connectivity index (χ4n) is 2.49. The third kappa shape index (κ3) is 5.17. The molecule has 0 aliphatic rings. The Morgan fingerprint density at radius 3 is 2.39 bits per heavy atom. The van der Waals surface area contributed by atoms with Gasteiger partial charge in [-0.15, -0.1) is 0 Å². The molecule has 0 aliphatic carbocycles. The van der Waals surface area contributed by atoms with E-state index in [9.17, 15) is 0 Å². The highest BCUT2D eigenvalue weighted by molar-refractivity contribution is 6.33. The van der Waals surface area contributed by atoms with Gasteiger partial charge in [-0.1, -0.05) is 50.9 Å². The summed E-state index contributed by atoms with van der Waals surface area (Å²) >= 11 is 12.2. The van der Waals surface area contributed by atoms with Crippen LogP contribution in [0.2, 0.25) is 10.0 Å². The second kappa shape index (κ2) is 6.27. The minimum absolute atomic E-state index is 0.0476. The van der Waals surface area contributed by atoms with Crippen LogP contribution in [0, 0.1) is 11.3 Å². The van der Waals surface area contributed by atoms with Crippen molar-refractivity contribution in [2.45, 2.75) is 46.6 Å². The van der Waals surface area contributed by atoms with E-state index < -0.39 is 0 Å². The molecule has 0 saturated heterocycles. The second-order valence-electron chi connectivity index (χ2n) is 6.38. The quantitative estimate of drug-likeness (QED) is 0.782. The van der Waals surface area contributed by atoms with Crippen LogP contribution in [0.5, 0.6) is 0 Å². The minimum Gasteiger partial charge on any atom is -0.324 e. The summed E-state index contributed by atoms with van der Waals surface area (Å²) in [6.07, 6.45) is 2.08. The normalized spacial score (nSPS) is 15.5. The van der Waals surface area contributed by atoms with Crippen molar-refractivity contribution in [3.63, 3.8) is 0 Å². The van der Waals surface area contributed by atoms with E-state index in [-0.39, 0.29) is 6.04 Å².